The number of piperidine rings is 1. The van der Waals surface area contributed by atoms with Gasteiger partial charge in [0.15, 0.2) is 0 Å². The topological polar surface area (TPSA) is 58.4 Å². The van der Waals surface area contributed by atoms with E-state index in [1.807, 2.05) is 6.92 Å². The Bertz CT molecular complexity index is 302. The average Bonchev–Trinajstić information content (AvgIpc) is 2.43. The van der Waals surface area contributed by atoms with Crippen molar-refractivity contribution < 1.29 is 4.79 Å². The van der Waals surface area contributed by atoms with Gasteiger partial charge in [-0.2, -0.15) is 0 Å². The van der Waals surface area contributed by atoms with Gasteiger partial charge in [0.2, 0.25) is 5.91 Å². The zero-order valence-corrected chi connectivity index (χ0v) is 13.7. The predicted octanol–water partition coefficient (Wildman–Crippen LogP) is 2.13. The summed E-state index contributed by atoms with van der Waals surface area (Å²) in [5, 5.41) is 3.07. The number of rotatable bonds is 7. The van der Waals surface area contributed by atoms with Crippen LogP contribution in [0.2, 0.25) is 0 Å². The van der Waals surface area contributed by atoms with Crippen LogP contribution in [-0.2, 0) is 4.79 Å². The van der Waals surface area contributed by atoms with Crippen LogP contribution in [0.3, 0.4) is 0 Å². The Kier molecular flexibility index (Phi) is 6.96. The number of hydrogen-bond acceptors (Lipinski definition) is 3. The summed E-state index contributed by atoms with van der Waals surface area (Å²) in [4.78, 5) is 14.4. The Morgan fingerprint density at radius 1 is 1.50 bits per heavy atom. The fraction of sp³-hybridized carbons (Fsp3) is 0.938. The quantitative estimate of drug-likeness (QED) is 0.752. The number of amides is 1. The molecule has 1 fully saturated rings. The summed E-state index contributed by atoms with van der Waals surface area (Å²) in [7, 11) is 0. The molecule has 3 N–H and O–H groups in total. The molecule has 0 spiro atoms. The van der Waals surface area contributed by atoms with E-state index in [4.69, 9.17) is 5.73 Å². The summed E-state index contributed by atoms with van der Waals surface area (Å²) in [6.45, 7) is 11.7. The lowest BCUT2D eigenvalue weighted by atomic mass is 9.91. The lowest BCUT2D eigenvalue weighted by molar-refractivity contribution is -0.121. The maximum Gasteiger partial charge on any atom is 0.220 e. The molecule has 0 aliphatic carbocycles. The van der Waals surface area contributed by atoms with Gasteiger partial charge in [0.1, 0.15) is 0 Å². The van der Waals surface area contributed by atoms with E-state index in [0.717, 1.165) is 25.4 Å². The van der Waals surface area contributed by atoms with Crippen molar-refractivity contribution in [1.29, 1.82) is 0 Å². The highest BCUT2D eigenvalue weighted by Crippen LogP contribution is 2.25. The minimum Gasteiger partial charge on any atom is -0.354 e. The maximum atomic E-state index is 11.8. The van der Waals surface area contributed by atoms with Crippen molar-refractivity contribution >= 4 is 5.91 Å². The first-order chi connectivity index (χ1) is 9.35. The van der Waals surface area contributed by atoms with E-state index >= 15 is 0 Å². The van der Waals surface area contributed by atoms with Crippen LogP contribution in [-0.4, -0.2) is 42.0 Å². The highest BCUT2D eigenvalue weighted by atomic mass is 16.1. The van der Waals surface area contributed by atoms with E-state index < -0.39 is 0 Å². The molecule has 1 aliphatic heterocycles. The highest BCUT2D eigenvalue weighted by molar-refractivity contribution is 5.75. The third-order valence-electron chi connectivity index (χ3n) is 4.50. The first-order valence-corrected chi connectivity index (χ1v) is 8.12. The van der Waals surface area contributed by atoms with Gasteiger partial charge in [-0.25, -0.2) is 0 Å². The minimum absolute atomic E-state index is 0.0395. The SMILES string of the molecule is CCC1CCCN(C(C)(C)CNC(=O)CCC(C)N)C1. The zero-order chi connectivity index (χ0) is 15.2. The number of nitrogens with zero attached hydrogens (tertiary/aromatic N) is 1. The number of likely N-dealkylation sites (tertiary alicyclic amines) is 1. The Morgan fingerprint density at radius 3 is 2.80 bits per heavy atom. The monoisotopic (exact) mass is 283 g/mol. The summed E-state index contributed by atoms with van der Waals surface area (Å²) in [5.74, 6) is 0.941. The average molecular weight is 283 g/mol. The van der Waals surface area contributed by atoms with Gasteiger partial charge in [0, 0.05) is 31.1 Å². The van der Waals surface area contributed by atoms with Gasteiger partial charge in [-0.05, 0) is 52.5 Å². The van der Waals surface area contributed by atoms with Crippen LogP contribution in [0.4, 0.5) is 0 Å². The van der Waals surface area contributed by atoms with E-state index in [1.165, 1.54) is 25.8 Å². The minimum atomic E-state index is 0.0395. The van der Waals surface area contributed by atoms with Gasteiger partial charge in [-0.1, -0.05) is 13.3 Å². The molecule has 0 aromatic heterocycles. The molecule has 118 valence electrons. The third-order valence-corrected chi connectivity index (χ3v) is 4.50. The predicted molar refractivity (Wildman–Crippen MR) is 84.6 cm³/mol. The Balaban J connectivity index is 2.38. The molecule has 1 aliphatic rings. The first-order valence-electron chi connectivity index (χ1n) is 8.12. The summed E-state index contributed by atoms with van der Waals surface area (Å²) >= 11 is 0. The van der Waals surface area contributed by atoms with Crippen LogP contribution in [0.25, 0.3) is 0 Å². The Labute approximate surface area is 124 Å². The van der Waals surface area contributed by atoms with Crippen molar-refractivity contribution in [3.05, 3.63) is 0 Å². The van der Waals surface area contributed by atoms with Gasteiger partial charge in [-0.15, -0.1) is 0 Å². The van der Waals surface area contributed by atoms with E-state index in [1.54, 1.807) is 0 Å². The van der Waals surface area contributed by atoms with E-state index in [0.29, 0.717) is 6.42 Å². The lowest BCUT2D eigenvalue weighted by Crippen LogP contribution is -2.54. The molecule has 2 unspecified atom stereocenters. The third kappa shape index (κ3) is 5.80. The van der Waals surface area contributed by atoms with Crippen molar-refractivity contribution in [2.75, 3.05) is 19.6 Å². The van der Waals surface area contributed by atoms with E-state index in [9.17, 15) is 4.79 Å². The largest absolute Gasteiger partial charge is 0.354 e. The van der Waals surface area contributed by atoms with E-state index in [-0.39, 0.29) is 17.5 Å². The number of carbonyl (C=O) groups excluding carboxylic acids is 1. The summed E-state index contributed by atoms with van der Waals surface area (Å²) < 4.78 is 0. The summed E-state index contributed by atoms with van der Waals surface area (Å²) in [6.07, 6.45) is 5.18. The second-order valence-electron chi connectivity index (χ2n) is 6.97. The number of carbonyl (C=O) groups is 1. The molecule has 2 atom stereocenters. The first kappa shape index (κ1) is 17.4. The van der Waals surface area contributed by atoms with Crippen molar-refractivity contribution in [1.82, 2.24) is 10.2 Å². The molecule has 0 aromatic rings. The molecule has 20 heavy (non-hydrogen) atoms. The van der Waals surface area contributed by atoms with Crippen LogP contribution in [0.15, 0.2) is 0 Å². The van der Waals surface area contributed by atoms with Crippen molar-refractivity contribution in [2.24, 2.45) is 11.7 Å². The lowest BCUT2D eigenvalue weighted by Gasteiger charge is -2.43. The molecule has 0 aromatic carbocycles. The molecule has 4 heteroatoms. The van der Waals surface area contributed by atoms with Crippen molar-refractivity contribution in [3.63, 3.8) is 0 Å². The Morgan fingerprint density at radius 2 is 2.20 bits per heavy atom. The summed E-state index contributed by atoms with van der Waals surface area (Å²) in [6, 6.07) is 0.0983. The maximum absolute atomic E-state index is 11.8. The molecule has 0 bridgehead atoms. The molecule has 0 radical (unpaired) electrons. The second kappa shape index (κ2) is 7.99. The molecular formula is C16H33N3O. The number of nitrogens with two attached hydrogens (primary N) is 1. The summed E-state index contributed by atoms with van der Waals surface area (Å²) in [5.41, 5.74) is 5.72. The number of nitrogens with one attached hydrogen (secondary N) is 1. The van der Waals surface area contributed by atoms with Gasteiger partial charge in [-0.3, -0.25) is 9.69 Å². The smallest absolute Gasteiger partial charge is 0.220 e. The fourth-order valence-electron chi connectivity index (χ4n) is 2.82. The van der Waals surface area contributed by atoms with Crippen LogP contribution in [0, 0.1) is 5.92 Å². The molecule has 0 saturated carbocycles. The van der Waals surface area contributed by atoms with Crippen LogP contribution >= 0.6 is 0 Å². The molecule has 1 saturated heterocycles. The van der Waals surface area contributed by atoms with Gasteiger partial charge in [0.25, 0.3) is 0 Å². The molecular weight excluding hydrogens is 250 g/mol. The van der Waals surface area contributed by atoms with Crippen LogP contribution < -0.4 is 11.1 Å². The van der Waals surface area contributed by atoms with Crippen molar-refractivity contribution in [2.45, 2.75) is 71.4 Å². The second-order valence-corrected chi connectivity index (χ2v) is 6.97. The van der Waals surface area contributed by atoms with Gasteiger partial charge < -0.3 is 11.1 Å². The van der Waals surface area contributed by atoms with Gasteiger partial charge in [0.05, 0.1) is 0 Å². The standard InChI is InChI=1S/C16H33N3O/c1-5-14-7-6-10-19(11-14)16(3,4)12-18-15(20)9-8-13(2)17/h13-14H,5-12,17H2,1-4H3,(H,18,20). The number of hydrogen-bond donors (Lipinski definition) is 2. The zero-order valence-electron chi connectivity index (χ0n) is 13.7. The van der Waals surface area contributed by atoms with E-state index in [2.05, 4.69) is 31.0 Å². The highest BCUT2D eigenvalue weighted by Gasteiger charge is 2.31. The normalized spacial score (nSPS) is 22.6. The fourth-order valence-corrected chi connectivity index (χ4v) is 2.82. The van der Waals surface area contributed by atoms with Crippen LogP contribution in [0.1, 0.15) is 59.8 Å². The molecule has 1 amide bonds. The van der Waals surface area contributed by atoms with Gasteiger partial charge >= 0.3 is 0 Å². The molecule has 1 rings (SSSR count). The Hall–Kier alpha value is -0.610. The van der Waals surface area contributed by atoms with Crippen LogP contribution in [0.5, 0.6) is 0 Å². The molecule has 1 heterocycles. The molecule has 4 nitrogen and oxygen atoms in total. The van der Waals surface area contributed by atoms with Crippen molar-refractivity contribution in [3.8, 4) is 0 Å².